The van der Waals surface area contributed by atoms with Gasteiger partial charge in [-0.1, -0.05) is 11.6 Å². The van der Waals surface area contributed by atoms with Crippen molar-refractivity contribution in [3.8, 4) is 0 Å². The van der Waals surface area contributed by atoms with Gasteiger partial charge in [-0.3, -0.25) is 9.59 Å². The molecule has 0 saturated carbocycles. The number of Topliss-reactive ketones (excluding diaryl/α,β-unsaturated/α-hetero) is 2. The molecule has 0 radical (unpaired) electrons. The van der Waals surface area contributed by atoms with Crippen LogP contribution in [0.3, 0.4) is 0 Å². The fourth-order valence-corrected chi connectivity index (χ4v) is 2.85. The Morgan fingerprint density at radius 1 is 1.05 bits per heavy atom. The summed E-state index contributed by atoms with van der Waals surface area (Å²) >= 11 is 0. The molecule has 0 fully saturated rings. The van der Waals surface area contributed by atoms with E-state index in [0.29, 0.717) is 11.1 Å². The van der Waals surface area contributed by atoms with E-state index in [1.54, 1.807) is 13.8 Å². The number of ketones is 2. The molecule has 3 heteroatoms. The van der Waals surface area contributed by atoms with Gasteiger partial charge < -0.3 is 4.57 Å². The molecule has 1 aliphatic carbocycles. The van der Waals surface area contributed by atoms with Crippen molar-refractivity contribution < 1.29 is 9.59 Å². The van der Waals surface area contributed by atoms with Gasteiger partial charge in [0.25, 0.3) is 0 Å². The first-order chi connectivity index (χ1) is 9.49. The van der Waals surface area contributed by atoms with Crippen LogP contribution < -0.4 is 0 Å². The molecule has 1 aromatic heterocycles. The normalized spacial score (nSPS) is 20.1. The Morgan fingerprint density at radius 3 is 2.55 bits per heavy atom. The van der Waals surface area contributed by atoms with Crippen LogP contribution in [0.1, 0.15) is 31.9 Å². The third-order valence-electron chi connectivity index (χ3n) is 4.24. The predicted octanol–water partition coefficient (Wildman–Crippen LogP) is 3.37. The van der Waals surface area contributed by atoms with Crippen molar-refractivity contribution in [3.63, 3.8) is 0 Å². The van der Waals surface area contributed by atoms with Crippen molar-refractivity contribution in [2.75, 3.05) is 0 Å². The Morgan fingerprint density at radius 2 is 1.80 bits per heavy atom. The maximum atomic E-state index is 12.5. The van der Waals surface area contributed by atoms with Crippen molar-refractivity contribution in [1.82, 2.24) is 4.57 Å². The highest BCUT2D eigenvalue weighted by molar-refractivity contribution is 6.13. The van der Waals surface area contributed by atoms with Crippen LogP contribution >= 0.6 is 0 Å². The number of benzene rings is 1. The van der Waals surface area contributed by atoms with Crippen LogP contribution in [0.25, 0.3) is 10.9 Å². The van der Waals surface area contributed by atoms with E-state index >= 15 is 0 Å². The van der Waals surface area contributed by atoms with E-state index in [2.05, 4.69) is 6.07 Å². The van der Waals surface area contributed by atoms with Gasteiger partial charge in [0.15, 0.2) is 11.6 Å². The number of rotatable bonds is 1. The maximum absolute atomic E-state index is 12.5. The Kier molecular flexibility index (Phi) is 2.85. The largest absolute Gasteiger partial charge is 0.336 e. The summed E-state index contributed by atoms with van der Waals surface area (Å²) in [5.41, 5.74) is 3.40. The summed E-state index contributed by atoms with van der Waals surface area (Å²) in [6.07, 6.45) is 2.17. The zero-order valence-electron chi connectivity index (χ0n) is 11.9. The Bertz CT molecular complexity index is 764. The number of hydrogen-bond donors (Lipinski definition) is 0. The lowest BCUT2D eigenvalue weighted by Crippen LogP contribution is -2.29. The van der Waals surface area contributed by atoms with E-state index in [-0.39, 0.29) is 18.0 Å². The van der Waals surface area contributed by atoms with Crippen molar-refractivity contribution in [2.45, 2.75) is 33.2 Å². The van der Waals surface area contributed by atoms with Gasteiger partial charge in [-0.05, 0) is 49.9 Å². The van der Waals surface area contributed by atoms with E-state index < -0.39 is 6.04 Å². The zero-order chi connectivity index (χ0) is 14.4. The zero-order valence-corrected chi connectivity index (χ0v) is 11.9. The van der Waals surface area contributed by atoms with Crippen LogP contribution in [0.15, 0.2) is 41.6 Å². The van der Waals surface area contributed by atoms with Gasteiger partial charge in [0, 0.05) is 23.7 Å². The van der Waals surface area contributed by atoms with Crippen LogP contribution in [0, 0.1) is 6.92 Å². The van der Waals surface area contributed by atoms with Crippen molar-refractivity contribution in [2.24, 2.45) is 0 Å². The van der Waals surface area contributed by atoms with Crippen LogP contribution in [0.4, 0.5) is 0 Å². The lowest BCUT2D eigenvalue weighted by Gasteiger charge is -2.24. The Balaban J connectivity index is 2.13. The average Bonchev–Trinajstić information content (AvgIpc) is 2.83. The summed E-state index contributed by atoms with van der Waals surface area (Å²) < 4.78 is 1.94. The molecule has 20 heavy (non-hydrogen) atoms. The van der Waals surface area contributed by atoms with Gasteiger partial charge in [0.1, 0.15) is 6.04 Å². The average molecular weight is 267 g/mol. The summed E-state index contributed by atoms with van der Waals surface area (Å²) in [5.74, 6) is 0.126. The van der Waals surface area contributed by atoms with E-state index in [1.165, 1.54) is 5.56 Å². The molecule has 0 bridgehead atoms. The molecule has 0 spiro atoms. The van der Waals surface area contributed by atoms with E-state index in [4.69, 9.17) is 0 Å². The SMILES string of the molecule is CC1=C(C)C(=O)C(n2ccc3cc(C)ccc32)CC1=O. The number of carbonyl (C=O) groups excluding carboxylic acids is 2. The first-order valence-electron chi connectivity index (χ1n) is 6.81. The van der Waals surface area contributed by atoms with E-state index in [1.807, 2.05) is 35.9 Å². The van der Waals surface area contributed by atoms with Gasteiger partial charge in [0.2, 0.25) is 0 Å². The third-order valence-corrected chi connectivity index (χ3v) is 4.24. The van der Waals surface area contributed by atoms with Gasteiger partial charge in [-0.25, -0.2) is 0 Å². The van der Waals surface area contributed by atoms with Gasteiger partial charge in [0.05, 0.1) is 0 Å². The summed E-state index contributed by atoms with van der Waals surface area (Å²) in [7, 11) is 0. The lowest BCUT2D eigenvalue weighted by atomic mass is 9.87. The standard InChI is InChI=1S/C17H17NO2/c1-10-4-5-14-13(8-10)6-7-18(14)15-9-16(19)11(2)12(3)17(15)20/h4-8,15H,9H2,1-3H3. The summed E-state index contributed by atoms with van der Waals surface area (Å²) in [4.78, 5) is 24.5. The van der Waals surface area contributed by atoms with Crippen LogP contribution in [0.5, 0.6) is 0 Å². The van der Waals surface area contributed by atoms with Crippen molar-refractivity contribution in [3.05, 3.63) is 47.2 Å². The van der Waals surface area contributed by atoms with E-state index in [0.717, 1.165) is 10.9 Å². The van der Waals surface area contributed by atoms with Gasteiger partial charge in [-0.15, -0.1) is 0 Å². The van der Waals surface area contributed by atoms with Gasteiger partial charge in [-0.2, -0.15) is 0 Å². The highest BCUT2D eigenvalue weighted by Gasteiger charge is 2.32. The first kappa shape index (κ1) is 12.9. The first-order valence-corrected chi connectivity index (χ1v) is 6.81. The quantitative estimate of drug-likeness (QED) is 0.794. The fourth-order valence-electron chi connectivity index (χ4n) is 2.85. The van der Waals surface area contributed by atoms with Crippen molar-refractivity contribution in [1.29, 1.82) is 0 Å². The topological polar surface area (TPSA) is 39.1 Å². The highest BCUT2D eigenvalue weighted by Crippen LogP contribution is 2.30. The molecule has 0 aliphatic heterocycles. The Hall–Kier alpha value is -2.16. The summed E-state index contributed by atoms with van der Waals surface area (Å²) in [6, 6.07) is 7.74. The van der Waals surface area contributed by atoms with Crippen LogP contribution in [-0.2, 0) is 9.59 Å². The molecule has 102 valence electrons. The minimum absolute atomic E-state index is 0.0557. The molecule has 0 amide bonds. The molecule has 3 rings (SSSR count). The van der Waals surface area contributed by atoms with Crippen LogP contribution in [-0.4, -0.2) is 16.1 Å². The minimum atomic E-state index is -0.397. The Labute approximate surface area is 117 Å². The molecule has 1 unspecified atom stereocenters. The van der Waals surface area contributed by atoms with Crippen LogP contribution in [0.2, 0.25) is 0 Å². The fraction of sp³-hybridized carbons (Fsp3) is 0.294. The monoisotopic (exact) mass is 267 g/mol. The number of allylic oxidation sites excluding steroid dienone is 2. The molecule has 1 aliphatic rings. The molecule has 3 nitrogen and oxygen atoms in total. The second-order valence-electron chi connectivity index (χ2n) is 5.54. The summed E-state index contributed by atoms with van der Waals surface area (Å²) in [5, 5.41) is 1.11. The second-order valence-corrected chi connectivity index (χ2v) is 5.54. The van der Waals surface area contributed by atoms with Crippen molar-refractivity contribution >= 4 is 22.5 Å². The molecule has 1 heterocycles. The number of fused-ring (bicyclic) bond motifs is 1. The molecule has 2 aromatic rings. The molecule has 1 aromatic carbocycles. The summed E-state index contributed by atoms with van der Waals surface area (Å²) in [6.45, 7) is 5.53. The highest BCUT2D eigenvalue weighted by atomic mass is 16.1. The number of aryl methyl sites for hydroxylation is 1. The minimum Gasteiger partial charge on any atom is -0.336 e. The molecular weight excluding hydrogens is 250 g/mol. The number of aromatic nitrogens is 1. The number of carbonyl (C=O) groups is 2. The van der Waals surface area contributed by atoms with E-state index in [9.17, 15) is 9.59 Å². The molecular formula is C17H17NO2. The molecule has 1 atom stereocenters. The molecule has 0 saturated heterocycles. The smallest absolute Gasteiger partial charge is 0.182 e. The van der Waals surface area contributed by atoms with Gasteiger partial charge >= 0.3 is 0 Å². The second kappa shape index (κ2) is 4.44. The maximum Gasteiger partial charge on any atom is 0.182 e. The number of hydrogen-bond acceptors (Lipinski definition) is 2. The third kappa shape index (κ3) is 1.82. The number of nitrogens with zero attached hydrogens (tertiary/aromatic N) is 1. The lowest BCUT2D eigenvalue weighted by molar-refractivity contribution is -0.125. The predicted molar refractivity (Wildman–Crippen MR) is 78.7 cm³/mol. The molecule has 0 N–H and O–H groups in total.